The van der Waals surface area contributed by atoms with Gasteiger partial charge in [-0.1, -0.05) is 54.2 Å². The Morgan fingerprint density at radius 2 is 1.74 bits per heavy atom. The van der Waals surface area contributed by atoms with E-state index >= 15 is 0 Å². The molecule has 2 amide bonds. The van der Waals surface area contributed by atoms with Gasteiger partial charge in [-0.15, -0.1) is 0 Å². The lowest BCUT2D eigenvalue weighted by atomic mass is 10.1. The lowest BCUT2D eigenvalue weighted by Gasteiger charge is -2.30. The molecule has 0 unspecified atom stereocenters. The minimum atomic E-state index is -0.212. The van der Waals surface area contributed by atoms with Gasteiger partial charge in [0.05, 0.1) is 24.8 Å². The SMILES string of the molecule is COc1ccc(CCNC(=O)CN2C(=O)/C(=C/c3ccccc3C)Sc3ccccc32)cc1OC. The number of methoxy groups -OCH3 is 2. The van der Waals surface area contributed by atoms with Gasteiger partial charge < -0.3 is 14.8 Å². The minimum Gasteiger partial charge on any atom is -0.493 e. The predicted octanol–water partition coefficient (Wildman–Crippen LogP) is 4.85. The number of fused-ring (bicyclic) bond motifs is 1. The molecule has 7 heteroatoms. The number of hydrogen-bond acceptors (Lipinski definition) is 5. The average molecular weight is 489 g/mol. The van der Waals surface area contributed by atoms with E-state index in [0.29, 0.717) is 29.4 Å². The molecule has 0 spiro atoms. The Kier molecular flexibility index (Phi) is 7.77. The van der Waals surface area contributed by atoms with Crippen LogP contribution in [0, 0.1) is 6.92 Å². The molecule has 1 heterocycles. The van der Waals surface area contributed by atoms with Crippen LogP contribution in [0.5, 0.6) is 11.5 Å². The van der Waals surface area contributed by atoms with Crippen LogP contribution in [0.3, 0.4) is 0 Å². The number of rotatable bonds is 8. The molecule has 1 aliphatic rings. The van der Waals surface area contributed by atoms with Gasteiger partial charge in [0.1, 0.15) is 6.54 Å². The fourth-order valence-corrected chi connectivity index (χ4v) is 4.94. The van der Waals surface area contributed by atoms with E-state index < -0.39 is 0 Å². The van der Waals surface area contributed by atoms with Crippen molar-refractivity contribution in [3.63, 3.8) is 0 Å². The first kappa shape index (κ1) is 24.4. The molecule has 0 saturated carbocycles. The standard InChI is InChI=1S/C28H28N2O4S/c1-19-8-4-5-9-21(19)17-26-28(32)30(22-10-6-7-11-25(22)35-26)18-27(31)29-15-14-20-12-13-23(33-2)24(16-20)34-3/h4-13,16-17H,14-15,18H2,1-3H3,(H,29,31)/b26-17-. The number of carbonyl (C=O) groups excluding carboxylic acids is 2. The first-order chi connectivity index (χ1) is 17.0. The van der Waals surface area contributed by atoms with Gasteiger partial charge >= 0.3 is 0 Å². The molecule has 6 nitrogen and oxygen atoms in total. The Morgan fingerprint density at radius 3 is 2.51 bits per heavy atom. The van der Waals surface area contributed by atoms with Crippen LogP contribution in [-0.4, -0.2) is 39.1 Å². The minimum absolute atomic E-state index is 0.0482. The summed E-state index contributed by atoms with van der Waals surface area (Å²) in [5.74, 6) is 0.926. The van der Waals surface area contributed by atoms with Gasteiger partial charge in [-0.05, 0) is 60.4 Å². The van der Waals surface area contributed by atoms with Crippen LogP contribution in [0.4, 0.5) is 5.69 Å². The highest BCUT2D eigenvalue weighted by Crippen LogP contribution is 2.42. The maximum absolute atomic E-state index is 13.4. The van der Waals surface area contributed by atoms with Crippen molar-refractivity contribution in [1.29, 1.82) is 0 Å². The van der Waals surface area contributed by atoms with Gasteiger partial charge in [0, 0.05) is 11.4 Å². The number of amides is 2. The van der Waals surface area contributed by atoms with E-state index in [1.165, 1.54) is 11.8 Å². The maximum Gasteiger partial charge on any atom is 0.265 e. The second kappa shape index (κ2) is 11.1. The molecule has 0 fully saturated rings. The Labute approximate surface area is 209 Å². The van der Waals surface area contributed by atoms with E-state index in [1.54, 1.807) is 19.1 Å². The van der Waals surface area contributed by atoms with Gasteiger partial charge in [-0.3, -0.25) is 14.5 Å². The number of para-hydroxylation sites is 1. The van der Waals surface area contributed by atoms with E-state index in [0.717, 1.165) is 27.3 Å². The van der Waals surface area contributed by atoms with Crippen molar-refractivity contribution in [3.05, 3.63) is 88.3 Å². The van der Waals surface area contributed by atoms with Crippen molar-refractivity contribution in [1.82, 2.24) is 5.32 Å². The number of anilines is 1. The Bertz CT molecular complexity index is 1270. The smallest absolute Gasteiger partial charge is 0.265 e. The van der Waals surface area contributed by atoms with Crippen molar-refractivity contribution in [2.45, 2.75) is 18.2 Å². The van der Waals surface area contributed by atoms with Crippen LogP contribution >= 0.6 is 11.8 Å². The number of aryl methyl sites for hydroxylation is 1. The first-order valence-corrected chi connectivity index (χ1v) is 12.2. The van der Waals surface area contributed by atoms with Gasteiger partial charge in [-0.25, -0.2) is 0 Å². The van der Waals surface area contributed by atoms with Crippen LogP contribution in [0.15, 0.2) is 76.5 Å². The molecule has 3 aromatic rings. The molecular weight excluding hydrogens is 460 g/mol. The number of benzene rings is 3. The Balaban J connectivity index is 1.46. The van der Waals surface area contributed by atoms with Crippen molar-refractivity contribution in [3.8, 4) is 11.5 Å². The fraction of sp³-hybridized carbons (Fsp3) is 0.214. The molecule has 1 N–H and O–H groups in total. The molecule has 4 rings (SSSR count). The average Bonchev–Trinajstić information content (AvgIpc) is 2.87. The lowest BCUT2D eigenvalue weighted by molar-refractivity contribution is -0.122. The quantitative estimate of drug-likeness (QED) is 0.459. The summed E-state index contributed by atoms with van der Waals surface area (Å²) in [5, 5.41) is 2.94. The third kappa shape index (κ3) is 5.69. The highest BCUT2D eigenvalue weighted by molar-refractivity contribution is 8.04. The summed E-state index contributed by atoms with van der Waals surface area (Å²) >= 11 is 1.44. The summed E-state index contributed by atoms with van der Waals surface area (Å²) in [6.07, 6.45) is 2.53. The molecule has 35 heavy (non-hydrogen) atoms. The van der Waals surface area contributed by atoms with Crippen LogP contribution in [0.2, 0.25) is 0 Å². The van der Waals surface area contributed by atoms with Gasteiger partial charge in [0.2, 0.25) is 5.91 Å². The zero-order valence-corrected chi connectivity index (χ0v) is 20.9. The Morgan fingerprint density at radius 1 is 1.00 bits per heavy atom. The monoisotopic (exact) mass is 488 g/mol. The molecule has 0 saturated heterocycles. The third-order valence-corrected chi connectivity index (χ3v) is 6.87. The van der Waals surface area contributed by atoms with E-state index in [1.807, 2.05) is 79.7 Å². The predicted molar refractivity (Wildman–Crippen MR) is 140 cm³/mol. The van der Waals surface area contributed by atoms with Gasteiger partial charge in [-0.2, -0.15) is 0 Å². The molecule has 0 atom stereocenters. The first-order valence-electron chi connectivity index (χ1n) is 11.3. The number of thioether (sulfide) groups is 1. The van der Waals surface area contributed by atoms with Crippen LogP contribution in [0.1, 0.15) is 16.7 Å². The zero-order chi connectivity index (χ0) is 24.8. The second-order valence-electron chi connectivity index (χ2n) is 8.12. The molecule has 0 aromatic heterocycles. The largest absolute Gasteiger partial charge is 0.493 e. The highest BCUT2D eigenvalue weighted by atomic mass is 32.2. The summed E-state index contributed by atoms with van der Waals surface area (Å²) in [6, 6.07) is 21.3. The van der Waals surface area contributed by atoms with Crippen molar-refractivity contribution in [2.24, 2.45) is 0 Å². The summed E-state index contributed by atoms with van der Waals surface area (Å²) in [6.45, 7) is 2.41. The maximum atomic E-state index is 13.4. The molecule has 180 valence electrons. The number of nitrogens with zero attached hydrogens (tertiary/aromatic N) is 1. The molecule has 0 bridgehead atoms. The number of nitrogens with one attached hydrogen (secondary N) is 1. The summed E-state index contributed by atoms with van der Waals surface area (Å²) in [7, 11) is 3.19. The number of ether oxygens (including phenoxy) is 2. The summed E-state index contributed by atoms with van der Waals surface area (Å²) < 4.78 is 10.6. The van der Waals surface area contributed by atoms with Crippen molar-refractivity contribution in [2.75, 3.05) is 32.2 Å². The molecule has 0 aliphatic carbocycles. The Hall–Kier alpha value is -3.71. The van der Waals surface area contributed by atoms with Crippen molar-refractivity contribution >= 4 is 35.3 Å². The highest BCUT2D eigenvalue weighted by Gasteiger charge is 2.30. The normalized spacial score (nSPS) is 14.0. The van der Waals surface area contributed by atoms with Crippen molar-refractivity contribution < 1.29 is 19.1 Å². The van der Waals surface area contributed by atoms with E-state index in [4.69, 9.17) is 9.47 Å². The number of hydrogen-bond donors (Lipinski definition) is 1. The van der Waals surface area contributed by atoms with Crippen LogP contribution in [0.25, 0.3) is 6.08 Å². The van der Waals surface area contributed by atoms with Gasteiger partial charge in [0.25, 0.3) is 5.91 Å². The summed E-state index contributed by atoms with van der Waals surface area (Å²) in [4.78, 5) is 29.3. The van der Waals surface area contributed by atoms with E-state index in [-0.39, 0.29) is 18.4 Å². The molecule has 3 aromatic carbocycles. The van der Waals surface area contributed by atoms with Crippen LogP contribution < -0.4 is 19.7 Å². The number of carbonyl (C=O) groups is 2. The van der Waals surface area contributed by atoms with E-state index in [2.05, 4.69) is 5.32 Å². The summed E-state index contributed by atoms with van der Waals surface area (Å²) in [5.41, 5.74) is 3.84. The topological polar surface area (TPSA) is 67.9 Å². The van der Waals surface area contributed by atoms with Gasteiger partial charge in [0.15, 0.2) is 11.5 Å². The molecular formula is C28H28N2O4S. The lowest BCUT2D eigenvalue weighted by Crippen LogP contribution is -2.43. The zero-order valence-electron chi connectivity index (χ0n) is 20.0. The third-order valence-electron chi connectivity index (χ3n) is 5.79. The second-order valence-corrected chi connectivity index (χ2v) is 9.20. The molecule has 0 radical (unpaired) electrons. The molecule has 1 aliphatic heterocycles. The fourth-order valence-electron chi connectivity index (χ4n) is 3.89. The van der Waals surface area contributed by atoms with Crippen LogP contribution in [-0.2, 0) is 16.0 Å². The van der Waals surface area contributed by atoms with E-state index in [9.17, 15) is 9.59 Å².